The van der Waals surface area contributed by atoms with Crippen LogP contribution in [0, 0.1) is 11.3 Å². The first-order valence-corrected chi connectivity index (χ1v) is 7.60. The lowest BCUT2D eigenvalue weighted by atomic mass is 10.0. The monoisotopic (exact) mass is 326 g/mol. The van der Waals surface area contributed by atoms with Crippen molar-refractivity contribution in [2.45, 2.75) is 18.9 Å². The average molecular weight is 327 g/mol. The molecule has 0 N–H and O–H groups in total. The Labute approximate surface area is 127 Å². The van der Waals surface area contributed by atoms with Crippen molar-refractivity contribution < 1.29 is 0 Å². The molecule has 1 unspecified atom stereocenters. The molecule has 0 bridgehead atoms. The van der Waals surface area contributed by atoms with E-state index in [1.807, 2.05) is 18.2 Å². The molecule has 0 spiro atoms. The topological polar surface area (TPSA) is 27.0 Å². The van der Waals surface area contributed by atoms with Gasteiger partial charge in [0.1, 0.15) is 6.07 Å². The summed E-state index contributed by atoms with van der Waals surface area (Å²) >= 11 is 3.48. The normalized spacial score (nSPS) is 18.0. The SMILES string of the molecule is N#Cc1ccccc1N1CCCC1c1ccc(Br)cc1. The Morgan fingerprint density at radius 2 is 1.85 bits per heavy atom. The molecule has 1 fully saturated rings. The van der Waals surface area contributed by atoms with Crippen molar-refractivity contribution in [3.8, 4) is 6.07 Å². The summed E-state index contributed by atoms with van der Waals surface area (Å²) in [6, 6.07) is 19.1. The number of para-hydroxylation sites is 1. The lowest BCUT2D eigenvalue weighted by molar-refractivity contribution is 0.718. The predicted molar refractivity (Wildman–Crippen MR) is 84.6 cm³/mol. The second-order valence-electron chi connectivity index (χ2n) is 5.03. The highest BCUT2D eigenvalue weighted by atomic mass is 79.9. The van der Waals surface area contributed by atoms with Gasteiger partial charge < -0.3 is 4.90 Å². The van der Waals surface area contributed by atoms with Crippen molar-refractivity contribution in [1.82, 2.24) is 0 Å². The molecule has 0 aliphatic carbocycles. The summed E-state index contributed by atoms with van der Waals surface area (Å²) in [6.45, 7) is 1.01. The number of nitrogens with zero attached hydrogens (tertiary/aromatic N) is 2. The third kappa shape index (κ3) is 2.44. The summed E-state index contributed by atoms with van der Waals surface area (Å²) in [5, 5.41) is 9.29. The number of rotatable bonds is 2. The first-order valence-electron chi connectivity index (χ1n) is 6.81. The van der Waals surface area contributed by atoms with Gasteiger partial charge in [-0.15, -0.1) is 0 Å². The number of halogens is 1. The van der Waals surface area contributed by atoms with E-state index in [1.165, 1.54) is 12.0 Å². The van der Waals surface area contributed by atoms with Crippen LogP contribution in [-0.2, 0) is 0 Å². The molecule has 2 aromatic rings. The minimum atomic E-state index is 0.373. The van der Waals surface area contributed by atoms with Gasteiger partial charge in [0.25, 0.3) is 0 Å². The Morgan fingerprint density at radius 3 is 2.60 bits per heavy atom. The van der Waals surface area contributed by atoms with Crippen LogP contribution in [-0.4, -0.2) is 6.54 Å². The van der Waals surface area contributed by atoms with Crippen LogP contribution >= 0.6 is 15.9 Å². The van der Waals surface area contributed by atoms with Crippen molar-refractivity contribution in [3.05, 3.63) is 64.1 Å². The van der Waals surface area contributed by atoms with Crippen molar-refractivity contribution in [2.75, 3.05) is 11.4 Å². The molecule has 1 aliphatic heterocycles. The molecule has 1 heterocycles. The zero-order valence-corrected chi connectivity index (χ0v) is 12.7. The molecule has 1 saturated heterocycles. The van der Waals surface area contributed by atoms with Crippen molar-refractivity contribution >= 4 is 21.6 Å². The Balaban J connectivity index is 1.97. The van der Waals surface area contributed by atoms with E-state index in [0.717, 1.165) is 28.7 Å². The van der Waals surface area contributed by atoms with E-state index in [2.05, 4.69) is 57.2 Å². The van der Waals surface area contributed by atoms with Crippen LogP contribution in [0.4, 0.5) is 5.69 Å². The van der Waals surface area contributed by atoms with E-state index in [9.17, 15) is 5.26 Å². The standard InChI is InChI=1S/C17H15BrN2/c18-15-9-7-13(8-10-15)16-6-3-11-20(16)17-5-2-1-4-14(17)12-19/h1-2,4-5,7-10,16H,3,6,11H2. The summed E-state index contributed by atoms with van der Waals surface area (Å²) in [6.07, 6.45) is 2.31. The molecule has 100 valence electrons. The first-order chi connectivity index (χ1) is 9.79. The number of benzene rings is 2. The van der Waals surface area contributed by atoms with Gasteiger partial charge in [-0.05, 0) is 42.7 Å². The zero-order valence-electron chi connectivity index (χ0n) is 11.1. The maximum absolute atomic E-state index is 9.29. The van der Waals surface area contributed by atoms with E-state index in [4.69, 9.17) is 0 Å². The molecule has 3 heteroatoms. The Morgan fingerprint density at radius 1 is 1.10 bits per heavy atom. The quantitative estimate of drug-likeness (QED) is 0.802. The maximum Gasteiger partial charge on any atom is 0.101 e. The molecule has 1 atom stereocenters. The minimum Gasteiger partial charge on any atom is -0.363 e. The van der Waals surface area contributed by atoms with Crippen molar-refractivity contribution in [2.24, 2.45) is 0 Å². The predicted octanol–water partition coefficient (Wildman–Crippen LogP) is 4.66. The second-order valence-corrected chi connectivity index (χ2v) is 5.95. The highest BCUT2D eigenvalue weighted by Crippen LogP contribution is 2.37. The van der Waals surface area contributed by atoms with Gasteiger partial charge in [0.15, 0.2) is 0 Å². The van der Waals surface area contributed by atoms with Gasteiger partial charge in [0, 0.05) is 11.0 Å². The fraction of sp³-hybridized carbons (Fsp3) is 0.235. The minimum absolute atomic E-state index is 0.373. The summed E-state index contributed by atoms with van der Waals surface area (Å²) in [4.78, 5) is 2.36. The number of anilines is 1. The highest BCUT2D eigenvalue weighted by Gasteiger charge is 2.27. The molecule has 20 heavy (non-hydrogen) atoms. The Hall–Kier alpha value is -1.79. The molecule has 0 amide bonds. The molecular weight excluding hydrogens is 312 g/mol. The van der Waals surface area contributed by atoms with Crippen molar-refractivity contribution in [3.63, 3.8) is 0 Å². The molecule has 3 rings (SSSR count). The molecule has 0 radical (unpaired) electrons. The van der Waals surface area contributed by atoms with Gasteiger partial charge in [-0.3, -0.25) is 0 Å². The molecule has 2 nitrogen and oxygen atoms in total. The van der Waals surface area contributed by atoms with Crippen LogP contribution in [0.5, 0.6) is 0 Å². The fourth-order valence-corrected chi connectivity index (χ4v) is 3.17. The number of hydrogen-bond acceptors (Lipinski definition) is 2. The van der Waals surface area contributed by atoms with Crippen LogP contribution in [0.15, 0.2) is 53.0 Å². The zero-order chi connectivity index (χ0) is 13.9. The largest absolute Gasteiger partial charge is 0.363 e. The van der Waals surface area contributed by atoms with Crippen LogP contribution in [0.25, 0.3) is 0 Å². The summed E-state index contributed by atoms with van der Waals surface area (Å²) in [5.74, 6) is 0. The lowest BCUT2D eigenvalue weighted by Gasteiger charge is -2.28. The number of hydrogen-bond donors (Lipinski definition) is 0. The van der Waals surface area contributed by atoms with Gasteiger partial charge >= 0.3 is 0 Å². The van der Waals surface area contributed by atoms with Gasteiger partial charge in [-0.2, -0.15) is 5.26 Å². The van der Waals surface area contributed by atoms with Crippen LogP contribution in [0.3, 0.4) is 0 Å². The molecular formula is C17H15BrN2. The lowest BCUT2D eigenvalue weighted by Crippen LogP contribution is -2.23. The van der Waals surface area contributed by atoms with E-state index in [1.54, 1.807) is 0 Å². The molecule has 0 saturated carbocycles. The summed E-state index contributed by atoms with van der Waals surface area (Å²) in [7, 11) is 0. The molecule has 1 aliphatic rings. The van der Waals surface area contributed by atoms with Crippen LogP contribution in [0.2, 0.25) is 0 Å². The van der Waals surface area contributed by atoms with E-state index in [0.29, 0.717) is 6.04 Å². The molecule has 0 aromatic heterocycles. The summed E-state index contributed by atoms with van der Waals surface area (Å²) in [5.41, 5.74) is 3.13. The van der Waals surface area contributed by atoms with Gasteiger partial charge in [-0.1, -0.05) is 40.2 Å². The Bertz CT molecular complexity index is 643. The van der Waals surface area contributed by atoms with E-state index >= 15 is 0 Å². The van der Waals surface area contributed by atoms with Gasteiger partial charge in [-0.25, -0.2) is 0 Å². The summed E-state index contributed by atoms with van der Waals surface area (Å²) < 4.78 is 1.10. The van der Waals surface area contributed by atoms with E-state index in [-0.39, 0.29) is 0 Å². The van der Waals surface area contributed by atoms with Crippen molar-refractivity contribution in [1.29, 1.82) is 5.26 Å². The fourth-order valence-electron chi connectivity index (χ4n) is 2.91. The third-order valence-corrected chi connectivity index (χ3v) is 4.37. The average Bonchev–Trinajstić information content (AvgIpc) is 2.97. The van der Waals surface area contributed by atoms with E-state index < -0.39 is 0 Å². The third-order valence-electron chi connectivity index (χ3n) is 3.84. The maximum atomic E-state index is 9.29. The number of nitriles is 1. The highest BCUT2D eigenvalue weighted by molar-refractivity contribution is 9.10. The van der Waals surface area contributed by atoms with Crippen LogP contribution in [0.1, 0.15) is 30.0 Å². The smallest absolute Gasteiger partial charge is 0.101 e. The molecule has 2 aromatic carbocycles. The first kappa shape index (κ1) is 13.2. The second kappa shape index (κ2) is 5.68. The van der Waals surface area contributed by atoms with Crippen LogP contribution < -0.4 is 4.90 Å². The van der Waals surface area contributed by atoms with Gasteiger partial charge in [0.05, 0.1) is 17.3 Å². The Kier molecular flexibility index (Phi) is 3.75. The van der Waals surface area contributed by atoms with Gasteiger partial charge in [0.2, 0.25) is 0 Å².